The van der Waals surface area contributed by atoms with E-state index in [-0.39, 0.29) is 17.5 Å². The maximum Gasteiger partial charge on any atom is 0.269 e. The Hall–Kier alpha value is -3.18. The summed E-state index contributed by atoms with van der Waals surface area (Å²) in [5.74, 6) is -0.519. The average molecular weight is 394 g/mol. The van der Waals surface area contributed by atoms with Crippen molar-refractivity contribution in [3.05, 3.63) is 94.8 Å². The summed E-state index contributed by atoms with van der Waals surface area (Å²) in [5, 5.41) is 3.51. The second-order valence-electron chi connectivity index (χ2n) is 6.26. The first-order valence-corrected chi connectivity index (χ1v) is 9.24. The first-order chi connectivity index (χ1) is 13.5. The third-order valence-electron chi connectivity index (χ3n) is 4.30. The maximum atomic E-state index is 12.7. The lowest BCUT2D eigenvalue weighted by Crippen LogP contribution is -2.28. The monoisotopic (exact) mass is 393 g/mol. The molecular formula is C22H20ClN3O2. The van der Waals surface area contributed by atoms with Gasteiger partial charge in [-0.05, 0) is 48.4 Å². The van der Waals surface area contributed by atoms with Crippen LogP contribution in [0.25, 0.3) is 0 Å². The largest absolute Gasteiger partial charge is 0.350 e. The predicted octanol–water partition coefficient (Wildman–Crippen LogP) is 3.98. The molecule has 142 valence electrons. The van der Waals surface area contributed by atoms with E-state index in [1.807, 2.05) is 54.6 Å². The Morgan fingerprint density at radius 2 is 1.75 bits per heavy atom. The molecule has 3 aromatic rings. The van der Waals surface area contributed by atoms with Crippen molar-refractivity contribution >= 4 is 29.1 Å². The highest BCUT2D eigenvalue weighted by atomic mass is 35.5. The van der Waals surface area contributed by atoms with Crippen LogP contribution in [0.4, 0.5) is 5.69 Å². The van der Waals surface area contributed by atoms with Crippen molar-refractivity contribution in [2.75, 3.05) is 18.5 Å². The van der Waals surface area contributed by atoms with Gasteiger partial charge in [0.15, 0.2) is 0 Å². The molecule has 3 rings (SSSR count). The lowest BCUT2D eigenvalue weighted by Gasteiger charge is -2.17. The number of carbonyl (C=O) groups is 2. The van der Waals surface area contributed by atoms with Gasteiger partial charge in [0.25, 0.3) is 11.8 Å². The SMILES string of the molecule is CN(C(=O)c1ccnc(C(=O)NCCc2ccc(Cl)cc2)c1)c1ccccc1. The molecule has 0 aliphatic carbocycles. The van der Waals surface area contributed by atoms with Gasteiger partial charge in [0.1, 0.15) is 5.69 Å². The Labute approximate surface area is 169 Å². The van der Waals surface area contributed by atoms with Crippen LogP contribution in [0.15, 0.2) is 72.9 Å². The summed E-state index contributed by atoms with van der Waals surface area (Å²) >= 11 is 5.87. The number of para-hydroxylation sites is 1. The van der Waals surface area contributed by atoms with Gasteiger partial charge in [0, 0.05) is 36.1 Å². The molecule has 0 unspecified atom stereocenters. The molecule has 0 atom stereocenters. The van der Waals surface area contributed by atoms with E-state index in [1.165, 1.54) is 17.2 Å². The molecule has 0 aliphatic rings. The highest BCUT2D eigenvalue weighted by Crippen LogP contribution is 2.15. The van der Waals surface area contributed by atoms with E-state index in [1.54, 1.807) is 13.1 Å². The number of nitrogens with one attached hydrogen (secondary N) is 1. The van der Waals surface area contributed by atoms with Crippen LogP contribution in [-0.4, -0.2) is 30.4 Å². The second-order valence-corrected chi connectivity index (χ2v) is 6.70. The number of hydrogen-bond donors (Lipinski definition) is 1. The van der Waals surface area contributed by atoms with Crippen LogP contribution >= 0.6 is 11.6 Å². The fourth-order valence-corrected chi connectivity index (χ4v) is 2.84. The summed E-state index contributed by atoms with van der Waals surface area (Å²) in [5.41, 5.74) is 2.47. The Morgan fingerprint density at radius 3 is 2.46 bits per heavy atom. The molecule has 28 heavy (non-hydrogen) atoms. The van der Waals surface area contributed by atoms with Gasteiger partial charge in [-0.2, -0.15) is 0 Å². The molecule has 2 aromatic carbocycles. The third-order valence-corrected chi connectivity index (χ3v) is 4.55. The molecule has 0 spiro atoms. The Kier molecular flexibility index (Phi) is 6.40. The number of nitrogens with zero attached hydrogens (tertiary/aromatic N) is 2. The average Bonchev–Trinajstić information content (AvgIpc) is 2.74. The van der Waals surface area contributed by atoms with Crippen molar-refractivity contribution < 1.29 is 9.59 Å². The summed E-state index contributed by atoms with van der Waals surface area (Å²) in [4.78, 5) is 30.7. The first-order valence-electron chi connectivity index (χ1n) is 8.86. The molecule has 5 nitrogen and oxygen atoms in total. The number of amides is 2. The molecule has 6 heteroatoms. The zero-order valence-electron chi connectivity index (χ0n) is 15.4. The molecule has 0 saturated carbocycles. The molecule has 0 bridgehead atoms. The molecule has 0 radical (unpaired) electrons. The van der Waals surface area contributed by atoms with Crippen molar-refractivity contribution in [1.29, 1.82) is 0 Å². The third kappa shape index (κ3) is 4.96. The number of pyridine rings is 1. The van der Waals surface area contributed by atoms with E-state index in [4.69, 9.17) is 11.6 Å². The van der Waals surface area contributed by atoms with E-state index < -0.39 is 0 Å². The van der Waals surface area contributed by atoms with Gasteiger partial charge in [-0.3, -0.25) is 14.6 Å². The minimum Gasteiger partial charge on any atom is -0.350 e. The van der Waals surface area contributed by atoms with E-state index >= 15 is 0 Å². The molecular weight excluding hydrogens is 374 g/mol. The van der Waals surface area contributed by atoms with Crippen LogP contribution in [0.3, 0.4) is 0 Å². The van der Waals surface area contributed by atoms with Gasteiger partial charge in [-0.1, -0.05) is 41.9 Å². The molecule has 1 aromatic heterocycles. The molecule has 0 aliphatic heterocycles. The summed E-state index contributed by atoms with van der Waals surface area (Å²) < 4.78 is 0. The van der Waals surface area contributed by atoms with E-state index in [9.17, 15) is 9.59 Å². The fourth-order valence-electron chi connectivity index (χ4n) is 2.71. The predicted molar refractivity (Wildman–Crippen MR) is 111 cm³/mol. The highest BCUT2D eigenvalue weighted by molar-refractivity contribution is 6.30. The lowest BCUT2D eigenvalue weighted by atomic mass is 10.1. The standard InChI is InChI=1S/C22H20ClN3O2/c1-26(19-5-3-2-4-6-19)22(28)17-12-14-24-20(15-17)21(27)25-13-11-16-7-9-18(23)10-8-16/h2-10,12,14-15H,11,13H2,1H3,(H,25,27). The van der Waals surface area contributed by atoms with E-state index in [0.717, 1.165) is 11.3 Å². The number of aromatic nitrogens is 1. The summed E-state index contributed by atoms with van der Waals surface area (Å²) in [6.45, 7) is 0.463. The number of benzene rings is 2. The van der Waals surface area contributed by atoms with Gasteiger partial charge in [0.05, 0.1) is 0 Å². The zero-order valence-corrected chi connectivity index (χ0v) is 16.2. The maximum absolute atomic E-state index is 12.7. The van der Waals surface area contributed by atoms with Crippen LogP contribution in [0.5, 0.6) is 0 Å². The van der Waals surface area contributed by atoms with Gasteiger partial charge >= 0.3 is 0 Å². The smallest absolute Gasteiger partial charge is 0.269 e. The number of halogens is 1. The van der Waals surface area contributed by atoms with Gasteiger partial charge in [-0.25, -0.2) is 0 Å². The topological polar surface area (TPSA) is 62.3 Å². The molecule has 1 heterocycles. The molecule has 2 amide bonds. The van der Waals surface area contributed by atoms with Crippen molar-refractivity contribution in [2.45, 2.75) is 6.42 Å². The number of anilines is 1. The minimum absolute atomic E-state index is 0.205. The minimum atomic E-state index is -0.314. The molecule has 1 N–H and O–H groups in total. The van der Waals surface area contributed by atoms with Crippen molar-refractivity contribution in [3.8, 4) is 0 Å². The van der Waals surface area contributed by atoms with E-state index in [0.29, 0.717) is 23.6 Å². The van der Waals surface area contributed by atoms with Gasteiger partial charge < -0.3 is 10.2 Å². The normalized spacial score (nSPS) is 10.4. The Balaban J connectivity index is 1.62. The lowest BCUT2D eigenvalue weighted by molar-refractivity contribution is 0.0949. The zero-order chi connectivity index (χ0) is 19.9. The van der Waals surface area contributed by atoms with Crippen LogP contribution in [-0.2, 0) is 6.42 Å². The van der Waals surface area contributed by atoms with Crippen LogP contribution < -0.4 is 10.2 Å². The summed E-state index contributed by atoms with van der Waals surface area (Å²) in [6.07, 6.45) is 2.15. The van der Waals surface area contributed by atoms with Crippen molar-refractivity contribution in [3.63, 3.8) is 0 Å². The van der Waals surface area contributed by atoms with Crippen molar-refractivity contribution in [2.24, 2.45) is 0 Å². The summed E-state index contributed by atoms with van der Waals surface area (Å²) in [7, 11) is 1.70. The van der Waals surface area contributed by atoms with Gasteiger partial charge in [-0.15, -0.1) is 0 Å². The number of carbonyl (C=O) groups excluding carboxylic acids is 2. The molecule has 0 fully saturated rings. The van der Waals surface area contributed by atoms with Crippen LogP contribution in [0.2, 0.25) is 5.02 Å². The summed E-state index contributed by atoms with van der Waals surface area (Å²) in [6, 6.07) is 19.9. The Morgan fingerprint density at radius 1 is 1.04 bits per heavy atom. The number of hydrogen-bond acceptors (Lipinski definition) is 3. The quantitative estimate of drug-likeness (QED) is 0.688. The van der Waals surface area contributed by atoms with Crippen molar-refractivity contribution in [1.82, 2.24) is 10.3 Å². The first kappa shape index (κ1) is 19.6. The number of rotatable bonds is 6. The second kappa shape index (κ2) is 9.15. The van der Waals surface area contributed by atoms with Crippen LogP contribution in [0, 0.1) is 0 Å². The fraction of sp³-hybridized carbons (Fsp3) is 0.136. The Bertz CT molecular complexity index is 959. The highest BCUT2D eigenvalue weighted by Gasteiger charge is 2.16. The van der Waals surface area contributed by atoms with Crippen LogP contribution in [0.1, 0.15) is 26.4 Å². The van der Waals surface area contributed by atoms with Gasteiger partial charge in [0.2, 0.25) is 0 Å². The van der Waals surface area contributed by atoms with E-state index in [2.05, 4.69) is 10.3 Å². The molecule has 0 saturated heterocycles.